The summed E-state index contributed by atoms with van der Waals surface area (Å²) >= 11 is 0. The lowest BCUT2D eigenvalue weighted by molar-refractivity contribution is 0.0335. The molecule has 1 aromatic carbocycles. The summed E-state index contributed by atoms with van der Waals surface area (Å²) in [4.78, 5) is 17.5. The molecule has 1 aliphatic heterocycles. The van der Waals surface area contributed by atoms with Gasteiger partial charge in [0.2, 0.25) is 0 Å². The van der Waals surface area contributed by atoms with Gasteiger partial charge in [0.25, 0.3) is 5.91 Å². The van der Waals surface area contributed by atoms with Gasteiger partial charge in [-0.1, -0.05) is 6.92 Å². The van der Waals surface area contributed by atoms with E-state index in [1.807, 2.05) is 4.90 Å². The molecule has 0 atom stereocenters. The van der Waals surface area contributed by atoms with Gasteiger partial charge in [-0.05, 0) is 48.9 Å². The molecule has 118 valence electrons. The first-order valence-corrected chi connectivity index (χ1v) is 7.75. The Morgan fingerprint density at radius 1 is 1.36 bits per heavy atom. The number of aliphatic hydroxyl groups excluding tert-OH is 1. The molecule has 0 aliphatic carbocycles. The molecule has 0 radical (unpaired) electrons. The maximum Gasteiger partial charge on any atom is 0.270 e. The second kappa shape index (κ2) is 5.72. The number of nitrogens with one attached hydrogen (secondary N) is 1. The van der Waals surface area contributed by atoms with Gasteiger partial charge in [0.05, 0.1) is 0 Å². The van der Waals surface area contributed by atoms with Crippen LogP contribution in [0.1, 0.15) is 36.7 Å². The predicted octanol–water partition coefficient (Wildman–Crippen LogP) is 2.93. The van der Waals surface area contributed by atoms with E-state index in [4.69, 9.17) is 0 Å². The van der Waals surface area contributed by atoms with Gasteiger partial charge in [-0.3, -0.25) is 4.79 Å². The third-order valence-corrected chi connectivity index (χ3v) is 5.01. The van der Waals surface area contributed by atoms with Gasteiger partial charge in [0.1, 0.15) is 11.5 Å². The Labute approximate surface area is 128 Å². The highest BCUT2D eigenvalue weighted by molar-refractivity contribution is 5.98. The average molecular weight is 304 g/mol. The Morgan fingerprint density at radius 2 is 2.09 bits per heavy atom. The van der Waals surface area contributed by atoms with Crippen molar-refractivity contribution >= 4 is 16.8 Å². The van der Waals surface area contributed by atoms with Crippen molar-refractivity contribution in [2.75, 3.05) is 19.7 Å². The van der Waals surface area contributed by atoms with E-state index in [1.165, 1.54) is 12.1 Å². The molecule has 22 heavy (non-hydrogen) atoms. The quantitative estimate of drug-likeness (QED) is 0.916. The number of likely N-dealkylation sites (tertiary alicyclic amines) is 1. The van der Waals surface area contributed by atoms with Gasteiger partial charge in [0, 0.05) is 30.6 Å². The van der Waals surface area contributed by atoms with Crippen LogP contribution >= 0.6 is 0 Å². The van der Waals surface area contributed by atoms with Crippen molar-refractivity contribution < 1.29 is 14.3 Å². The number of aromatic amines is 1. The Hall–Kier alpha value is -1.88. The van der Waals surface area contributed by atoms with Gasteiger partial charge >= 0.3 is 0 Å². The monoisotopic (exact) mass is 304 g/mol. The van der Waals surface area contributed by atoms with Crippen LogP contribution in [0.4, 0.5) is 4.39 Å². The maximum absolute atomic E-state index is 13.2. The molecule has 0 spiro atoms. The Bertz CT molecular complexity index is 681. The highest BCUT2D eigenvalue weighted by atomic mass is 19.1. The number of aliphatic hydroxyl groups is 1. The molecule has 3 rings (SSSR count). The lowest BCUT2D eigenvalue weighted by Gasteiger charge is -2.40. The molecule has 0 saturated carbocycles. The summed E-state index contributed by atoms with van der Waals surface area (Å²) in [7, 11) is 0. The van der Waals surface area contributed by atoms with Crippen LogP contribution in [0.2, 0.25) is 0 Å². The maximum atomic E-state index is 13.2. The second-order valence-electron chi connectivity index (χ2n) is 6.22. The second-order valence-corrected chi connectivity index (χ2v) is 6.22. The minimum atomic E-state index is -0.306. The van der Waals surface area contributed by atoms with Crippen LogP contribution in [0.5, 0.6) is 0 Å². The first kappa shape index (κ1) is 15.0. The van der Waals surface area contributed by atoms with Crippen LogP contribution in [0.3, 0.4) is 0 Å². The number of amides is 1. The number of fused-ring (bicyclic) bond motifs is 1. The molecule has 2 heterocycles. The van der Waals surface area contributed by atoms with Gasteiger partial charge < -0.3 is 15.0 Å². The SMILES string of the molecule is CCC1(CO)CCN(C(=O)c2cc3cc(F)ccc3[nH]2)CC1. The summed E-state index contributed by atoms with van der Waals surface area (Å²) in [5.74, 6) is -0.363. The van der Waals surface area contributed by atoms with Crippen molar-refractivity contribution in [3.05, 3.63) is 35.8 Å². The summed E-state index contributed by atoms with van der Waals surface area (Å²) in [5, 5.41) is 10.3. The van der Waals surface area contributed by atoms with Gasteiger partial charge in [0.15, 0.2) is 0 Å². The topological polar surface area (TPSA) is 56.3 Å². The van der Waals surface area contributed by atoms with Crippen molar-refractivity contribution in [2.24, 2.45) is 5.41 Å². The molecule has 4 nitrogen and oxygen atoms in total. The summed E-state index contributed by atoms with van der Waals surface area (Å²) in [6, 6.07) is 6.15. The molecule has 5 heteroatoms. The lowest BCUT2D eigenvalue weighted by atomic mass is 9.77. The highest BCUT2D eigenvalue weighted by Crippen LogP contribution is 2.34. The number of rotatable bonds is 3. The van der Waals surface area contributed by atoms with Gasteiger partial charge in [-0.2, -0.15) is 0 Å². The lowest BCUT2D eigenvalue weighted by Crippen LogP contribution is -2.44. The minimum absolute atomic E-state index is 0.0413. The molecular formula is C17H21FN2O2. The largest absolute Gasteiger partial charge is 0.396 e. The summed E-state index contributed by atoms with van der Waals surface area (Å²) in [5.41, 5.74) is 1.22. The fraction of sp³-hybridized carbons (Fsp3) is 0.471. The number of H-pyrrole nitrogens is 1. The molecule has 1 saturated heterocycles. The van der Waals surface area contributed by atoms with Crippen LogP contribution in [0, 0.1) is 11.2 Å². The predicted molar refractivity (Wildman–Crippen MR) is 83.2 cm³/mol. The standard InChI is InChI=1S/C17H21FN2O2/c1-2-17(11-21)5-7-20(8-6-17)16(22)15-10-12-9-13(18)3-4-14(12)19-15/h3-4,9-10,19,21H,2,5-8,11H2,1H3. The zero-order valence-electron chi connectivity index (χ0n) is 12.7. The first-order valence-electron chi connectivity index (χ1n) is 7.75. The third-order valence-electron chi connectivity index (χ3n) is 5.01. The highest BCUT2D eigenvalue weighted by Gasteiger charge is 2.34. The van der Waals surface area contributed by atoms with Crippen LogP contribution in [-0.2, 0) is 0 Å². The molecule has 2 N–H and O–H groups in total. The van der Waals surface area contributed by atoms with Gasteiger partial charge in [-0.15, -0.1) is 0 Å². The Balaban J connectivity index is 1.76. The number of aromatic nitrogens is 1. The zero-order valence-corrected chi connectivity index (χ0v) is 12.7. The van der Waals surface area contributed by atoms with Crippen LogP contribution < -0.4 is 0 Å². The van der Waals surface area contributed by atoms with Crippen LogP contribution in [-0.4, -0.2) is 40.6 Å². The van der Waals surface area contributed by atoms with Gasteiger partial charge in [-0.25, -0.2) is 4.39 Å². The van der Waals surface area contributed by atoms with Crippen molar-refractivity contribution in [3.8, 4) is 0 Å². The molecule has 2 aromatic rings. The van der Waals surface area contributed by atoms with E-state index < -0.39 is 0 Å². The fourth-order valence-electron chi connectivity index (χ4n) is 3.20. The number of halogens is 1. The first-order chi connectivity index (χ1) is 10.6. The number of benzene rings is 1. The summed E-state index contributed by atoms with van der Waals surface area (Å²) in [6.45, 7) is 3.56. The van der Waals surface area contributed by atoms with Crippen molar-refractivity contribution in [1.82, 2.24) is 9.88 Å². The van der Waals surface area contributed by atoms with Crippen LogP contribution in [0.25, 0.3) is 10.9 Å². The molecule has 1 amide bonds. The molecular weight excluding hydrogens is 283 g/mol. The van der Waals surface area contributed by atoms with Crippen LogP contribution in [0.15, 0.2) is 24.3 Å². The van der Waals surface area contributed by atoms with E-state index in [-0.39, 0.29) is 23.7 Å². The number of carbonyl (C=O) groups is 1. The average Bonchev–Trinajstić information content (AvgIpc) is 2.97. The Morgan fingerprint density at radius 3 is 2.73 bits per heavy atom. The number of nitrogens with zero attached hydrogens (tertiary/aromatic N) is 1. The van der Waals surface area contributed by atoms with Crippen molar-refractivity contribution in [1.29, 1.82) is 0 Å². The van der Waals surface area contributed by atoms with E-state index in [0.29, 0.717) is 24.2 Å². The fourth-order valence-corrected chi connectivity index (χ4v) is 3.20. The minimum Gasteiger partial charge on any atom is -0.396 e. The van der Waals surface area contributed by atoms with E-state index in [1.54, 1.807) is 12.1 Å². The van der Waals surface area contributed by atoms with E-state index in [9.17, 15) is 14.3 Å². The smallest absolute Gasteiger partial charge is 0.270 e. The normalized spacial score (nSPS) is 17.9. The molecule has 1 aromatic heterocycles. The number of hydrogen-bond donors (Lipinski definition) is 2. The van der Waals surface area contributed by atoms with Crippen molar-refractivity contribution in [3.63, 3.8) is 0 Å². The van der Waals surface area contributed by atoms with E-state index >= 15 is 0 Å². The number of hydrogen-bond acceptors (Lipinski definition) is 2. The molecule has 0 bridgehead atoms. The molecule has 1 aliphatic rings. The van der Waals surface area contributed by atoms with E-state index in [0.717, 1.165) is 24.8 Å². The number of carbonyl (C=O) groups excluding carboxylic acids is 1. The van der Waals surface area contributed by atoms with E-state index in [2.05, 4.69) is 11.9 Å². The molecule has 0 unspecified atom stereocenters. The molecule has 1 fully saturated rings. The number of piperidine rings is 1. The van der Waals surface area contributed by atoms with Crippen molar-refractivity contribution in [2.45, 2.75) is 26.2 Å². The summed E-state index contributed by atoms with van der Waals surface area (Å²) < 4.78 is 13.2. The third kappa shape index (κ3) is 2.61. The summed E-state index contributed by atoms with van der Waals surface area (Å²) in [6.07, 6.45) is 2.57. The Kier molecular flexibility index (Phi) is 3.91. The zero-order chi connectivity index (χ0) is 15.7.